The van der Waals surface area contributed by atoms with E-state index in [1.54, 1.807) is 0 Å². The fourth-order valence-electron chi connectivity index (χ4n) is 8.31. The van der Waals surface area contributed by atoms with Crippen molar-refractivity contribution in [2.24, 2.45) is 0 Å². The second kappa shape index (κ2) is 54.2. The molecule has 1 atom stereocenters. The van der Waals surface area contributed by atoms with Gasteiger partial charge in [-0.05, 0) is 70.6 Å². The Morgan fingerprint density at radius 1 is 0.308 bits per heavy atom. The molecule has 380 valence electrons. The van der Waals surface area contributed by atoms with Crippen LogP contribution in [-0.2, 0) is 28.6 Å². The molecule has 0 saturated carbocycles. The molecule has 6 nitrogen and oxygen atoms in total. The van der Waals surface area contributed by atoms with Gasteiger partial charge < -0.3 is 14.2 Å². The maximum atomic E-state index is 12.8. The molecule has 0 amide bonds. The third-order valence-corrected chi connectivity index (χ3v) is 12.6. The second-order valence-electron chi connectivity index (χ2n) is 19.2. The number of ether oxygens (including phenoxy) is 3. The summed E-state index contributed by atoms with van der Waals surface area (Å²) in [5.74, 6) is -0.870. The summed E-state index contributed by atoms with van der Waals surface area (Å²) in [7, 11) is 0. The Morgan fingerprint density at radius 2 is 0.554 bits per heavy atom. The highest BCUT2D eigenvalue weighted by Crippen LogP contribution is 2.16. The molecule has 6 heteroatoms. The molecular formula is C59H108O6. The van der Waals surface area contributed by atoms with E-state index in [1.165, 1.54) is 199 Å². The van der Waals surface area contributed by atoms with Crippen molar-refractivity contribution in [2.75, 3.05) is 13.2 Å². The van der Waals surface area contributed by atoms with Gasteiger partial charge in [0.05, 0.1) is 0 Å². The Labute approximate surface area is 404 Å². The fraction of sp³-hybridized carbons (Fsp3) is 0.847. The van der Waals surface area contributed by atoms with Crippen molar-refractivity contribution in [3.63, 3.8) is 0 Å². The minimum atomic E-state index is -0.774. The second-order valence-corrected chi connectivity index (χ2v) is 19.2. The largest absolute Gasteiger partial charge is 0.462 e. The van der Waals surface area contributed by atoms with Gasteiger partial charge in [0.15, 0.2) is 6.10 Å². The molecule has 0 aromatic heterocycles. The van der Waals surface area contributed by atoms with Gasteiger partial charge in [0.25, 0.3) is 0 Å². The van der Waals surface area contributed by atoms with Crippen LogP contribution in [0.3, 0.4) is 0 Å². The van der Waals surface area contributed by atoms with Gasteiger partial charge in [-0.25, -0.2) is 0 Å². The predicted molar refractivity (Wildman–Crippen MR) is 279 cm³/mol. The minimum absolute atomic E-state index is 0.0729. The standard InChI is InChI=1S/C59H108O6/c1-4-7-10-13-16-19-22-25-27-29-30-31-33-34-37-40-43-46-49-52-58(61)64-55-56(54-63-57(60)51-48-45-42-39-36-24-21-18-15-12-9-6-3)65-59(62)53-50-47-44-41-38-35-32-28-26-23-20-17-14-11-8-5-2/h16,19,22,25,28,32,56H,4-15,17-18,20-21,23-24,26-27,29-31,33-55H2,1-3H3/b19-16-,25-22-,32-28-. The molecule has 0 rings (SSSR count). The Balaban J connectivity index is 4.33. The number of carbonyl (C=O) groups is 3. The van der Waals surface area contributed by atoms with Crippen molar-refractivity contribution in [3.8, 4) is 0 Å². The highest BCUT2D eigenvalue weighted by atomic mass is 16.6. The van der Waals surface area contributed by atoms with E-state index in [1.807, 2.05) is 0 Å². The monoisotopic (exact) mass is 913 g/mol. The lowest BCUT2D eigenvalue weighted by Gasteiger charge is -2.18. The van der Waals surface area contributed by atoms with E-state index in [2.05, 4.69) is 57.2 Å². The Kier molecular flexibility index (Phi) is 52.3. The molecule has 0 aliphatic rings. The summed E-state index contributed by atoms with van der Waals surface area (Å²) in [6.45, 7) is 6.63. The first kappa shape index (κ1) is 62.6. The maximum absolute atomic E-state index is 12.8. The fourth-order valence-corrected chi connectivity index (χ4v) is 8.31. The molecule has 0 N–H and O–H groups in total. The lowest BCUT2D eigenvalue weighted by molar-refractivity contribution is -0.167. The average molecular weight is 914 g/mol. The lowest BCUT2D eigenvalue weighted by Crippen LogP contribution is -2.30. The van der Waals surface area contributed by atoms with Crippen LogP contribution in [-0.4, -0.2) is 37.2 Å². The summed E-state index contributed by atoms with van der Waals surface area (Å²) in [5.41, 5.74) is 0. The molecule has 0 spiro atoms. The van der Waals surface area contributed by atoms with Crippen LogP contribution >= 0.6 is 0 Å². The van der Waals surface area contributed by atoms with E-state index in [0.717, 1.165) is 64.2 Å². The molecular weight excluding hydrogens is 805 g/mol. The van der Waals surface area contributed by atoms with Crippen LogP contribution in [0.1, 0.15) is 303 Å². The summed E-state index contributed by atoms with van der Waals surface area (Å²) in [4.78, 5) is 38.1. The Hall–Kier alpha value is -2.37. The molecule has 0 aliphatic heterocycles. The van der Waals surface area contributed by atoms with Crippen LogP contribution in [0.2, 0.25) is 0 Å². The van der Waals surface area contributed by atoms with Crippen molar-refractivity contribution in [1.29, 1.82) is 0 Å². The predicted octanol–water partition coefficient (Wildman–Crippen LogP) is 18.9. The Morgan fingerprint density at radius 3 is 0.892 bits per heavy atom. The smallest absolute Gasteiger partial charge is 0.306 e. The number of hydrogen-bond donors (Lipinski definition) is 0. The molecule has 1 unspecified atom stereocenters. The molecule has 0 radical (unpaired) electrons. The average Bonchev–Trinajstić information content (AvgIpc) is 3.30. The van der Waals surface area contributed by atoms with Crippen molar-refractivity contribution >= 4 is 17.9 Å². The normalized spacial score (nSPS) is 12.2. The van der Waals surface area contributed by atoms with Crippen molar-refractivity contribution in [2.45, 2.75) is 309 Å². The first-order valence-corrected chi connectivity index (χ1v) is 28.5. The van der Waals surface area contributed by atoms with Gasteiger partial charge in [-0.15, -0.1) is 0 Å². The van der Waals surface area contributed by atoms with Gasteiger partial charge in [0, 0.05) is 19.3 Å². The number of rotatable bonds is 52. The van der Waals surface area contributed by atoms with E-state index in [4.69, 9.17) is 14.2 Å². The van der Waals surface area contributed by atoms with Crippen LogP contribution in [0, 0.1) is 0 Å². The first-order valence-electron chi connectivity index (χ1n) is 28.5. The number of carbonyl (C=O) groups excluding carboxylic acids is 3. The van der Waals surface area contributed by atoms with Crippen molar-refractivity contribution < 1.29 is 28.6 Å². The van der Waals surface area contributed by atoms with Crippen LogP contribution in [0.5, 0.6) is 0 Å². The van der Waals surface area contributed by atoms with Gasteiger partial charge in [-0.2, -0.15) is 0 Å². The van der Waals surface area contributed by atoms with E-state index < -0.39 is 6.10 Å². The van der Waals surface area contributed by atoms with Crippen LogP contribution < -0.4 is 0 Å². The highest BCUT2D eigenvalue weighted by molar-refractivity contribution is 5.71. The molecule has 0 aromatic carbocycles. The molecule has 0 saturated heterocycles. The number of esters is 3. The molecule has 65 heavy (non-hydrogen) atoms. The van der Waals surface area contributed by atoms with Crippen molar-refractivity contribution in [1.82, 2.24) is 0 Å². The minimum Gasteiger partial charge on any atom is -0.462 e. The van der Waals surface area contributed by atoms with Gasteiger partial charge in [-0.3, -0.25) is 14.4 Å². The van der Waals surface area contributed by atoms with E-state index in [9.17, 15) is 14.4 Å². The summed E-state index contributed by atoms with van der Waals surface area (Å²) < 4.78 is 16.9. The molecule has 0 aliphatic carbocycles. The van der Waals surface area contributed by atoms with Gasteiger partial charge in [-0.1, -0.05) is 250 Å². The quantitative estimate of drug-likeness (QED) is 0.0199. The summed E-state index contributed by atoms with van der Waals surface area (Å²) in [5, 5.41) is 0. The zero-order chi connectivity index (χ0) is 47.2. The zero-order valence-corrected chi connectivity index (χ0v) is 43.5. The third-order valence-electron chi connectivity index (χ3n) is 12.6. The number of hydrogen-bond acceptors (Lipinski definition) is 6. The van der Waals surface area contributed by atoms with Crippen molar-refractivity contribution in [3.05, 3.63) is 36.5 Å². The SMILES string of the molecule is CCCCC/C=C\C=C/CCCCCCCCCCCCC(=O)OCC(COC(=O)CCCCCCCCCCCCCC)OC(=O)CCCCCCC/C=C\CCCCCCCCC. The van der Waals surface area contributed by atoms with Gasteiger partial charge >= 0.3 is 17.9 Å². The third kappa shape index (κ3) is 52.5. The van der Waals surface area contributed by atoms with Gasteiger partial charge in [0.2, 0.25) is 0 Å². The van der Waals surface area contributed by atoms with Crippen LogP contribution in [0.4, 0.5) is 0 Å². The molecule has 0 bridgehead atoms. The van der Waals surface area contributed by atoms with E-state index in [-0.39, 0.29) is 31.1 Å². The number of allylic oxidation sites excluding steroid dienone is 6. The van der Waals surface area contributed by atoms with Gasteiger partial charge in [0.1, 0.15) is 13.2 Å². The topological polar surface area (TPSA) is 78.9 Å². The molecule has 0 fully saturated rings. The Bertz CT molecular complexity index is 1090. The summed E-state index contributed by atoms with van der Waals surface area (Å²) in [6, 6.07) is 0. The highest BCUT2D eigenvalue weighted by Gasteiger charge is 2.19. The number of unbranched alkanes of at least 4 members (excludes halogenated alkanes) is 36. The zero-order valence-electron chi connectivity index (χ0n) is 43.5. The molecule has 0 aromatic rings. The summed E-state index contributed by atoms with van der Waals surface area (Å²) >= 11 is 0. The van der Waals surface area contributed by atoms with Crippen LogP contribution in [0.25, 0.3) is 0 Å². The lowest BCUT2D eigenvalue weighted by atomic mass is 10.0. The van der Waals surface area contributed by atoms with E-state index in [0.29, 0.717) is 19.3 Å². The summed E-state index contributed by atoms with van der Waals surface area (Å²) in [6.07, 6.45) is 64.1. The maximum Gasteiger partial charge on any atom is 0.306 e. The van der Waals surface area contributed by atoms with E-state index >= 15 is 0 Å². The first-order chi connectivity index (χ1) is 32.0. The van der Waals surface area contributed by atoms with Crippen LogP contribution in [0.15, 0.2) is 36.5 Å². The molecule has 0 heterocycles.